The Morgan fingerprint density at radius 1 is 0.935 bits per heavy atom. The lowest BCUT2D eigenvalue weighted by atomic mass is 9.78. The predicted octanol–water partition coefficient (Wildman–Crippen LogP) is 6.74. The largest absolute Gasteiger partial charge is 0.507 e. The molecular weight excluding hydrogens is 801 g/mol. The topological polar surface area (TPSA) is 223 Å². The Labute approximate surface area is 361 Å². The lowest BCUT2D eigenvalue weighted by Crippen LogP contribution is -2.46. The van der Waals surface area contributed by atoms with Crippen molar-refractivity contribution in [3.63, 3.8) is 0 Å². The number of fused-ring (bicyclic) bond motifs is 14. The lowest BCUT2D eigenvalue weighted by molar-refractivity contribution is -0.160. The molecule has 6 rings (SSSR count). The van der Waals surface area contributed by atoms with Crippen LogP contribution in [0.1, 0.15) is 81.9 Å². The van der Waals surface area contributed by atoms with E-state index in [1.54, 1.807) is 39.8 Å². The van der Waals surface area contributed by atoms with Gasteiger partial charge in [-0.1, -0.05) is 81.4 Å². The number of ether oxygens (including phenoxy) is 4. The Kier molecular flexibility index (Phi) is 15.1. The Morgan fingerprint density at radius 3 is 2.29 bits per heavy atom. The first kappa shape index (κ1) is 47.2. The SMILES string of the molecule is COC1/C=C/OC2(C)Oc3c(C)c(O)c4c(O)c(c(/C=N/OCCCc5ccccc5)c(O)c4c3C2=O)NC(=O)C(C)=C/C=C/C(C)C(O)C(C)C(O)C(C)C(OC(C)=O)C1C. The molecule has 3 aromatic carbocycles. The van der Waals surface area contributed by atoms with Crippen molar-refractivity contribution < 1.29 is 63.7 Å². The number of nitrogens with zero attached hydrogens (tertiary/aromatic N) is 1. The zero-order valence-electron chi connectivity index (χ0n) is 36.5. The van der Waals surface area contributed by atoms with Crippen molar-refractivity contribution in [2.75, 3.05) is 19.0 Å². The van der Waals surface area contributed by atoms with E-state index in [2.05, 4.69) is 10.5 Å². The van der Waals surface area contributed by atoms with Gasteiger partial charge >= 0.3 is 11.8 Å². The number of anilines is 1. The molecule has 0 aromatic heterocycles. The van der Waals surface area contributed by atoms with Crippen molar-refractivity contribution in [1.82, 2.24) is 0 Å². The minimum absolute atomic E-state index is 0.0322. The van der Waals surface area contributed by atoms with E-state index in [1.807, 2.05) is 30.3 Å². The van der Waals surface area contributed by atoms with Crippen LogP contribution in [0, 0.1) is 30.6 Å². The first-order valence-corrected chi connectivity index (χ1v) is 20.6. The smallest absolute Gasteiger partial charge is 0.312 e. The van der Waals surface area contributed by atoms with Crippen LogP contribution in [-0.4, -0.2) is 93.3 Å². The summed E-state index contributed by atoms with van der Waals surface area (Å²) in [7, 11) is 1.43. The third-order valence-electron chi connectivity index (χ3n) is 11.8. The predicted molar refractivity (Wildman–Crippen MR) is 232 cm³/mol. The van der Waals surface area contributed by atoms with Gasteiger partial charge in [0.05, 0.1) is 53.0 Å². The summed E-state index contributed by atoms with van der Waals surface area (Å²) in [6, 6.07) is 9.77. The van der Waals surface area contributed by atoms with Crippen molar-refractivity contribution >= 4 is 40.3 Å². The van der Waals surface area contributed by atoms with Gasteiger partial charge in [0.1, 0.15) is 30.0 Å². The van der Waals surface area contributed by atoms with Gasteiger partial charge in [0.15, 0.2) is 5.75 Å². The van der Waals surface area contributed by atoms with Crippen molar-refractivity contribution in [2.45, 2.75) is 98.4 Å². The maximum absolute atomic E-state index is 14.4. The van der Waals surface area contributed by atoms with Crippen LogP contribution in [0.15, 0.2) is 71.6 Å². The monoisotopic (exact) mass is 858 g/mol. The van der Waals surface area contributed by atoms with Gasteiger partial charge in [-0.05, 0) is 38.3 Å². The van der Waals surface area contributed by atoms with E-state index in [1.165, 1.54) is 53.2 Å². The molecule has 5 bridgehead atoms. The fourth-order valence-electron chi connectivity index (χ4n) is 8.00. The molecule has 6 N–H and O–H groups in total. The van der Waals surface area contributed by atoms with E-state index in [-0.39, 0.29) is 51.1 Å². The van der Waals surface area contributed by atoms with Crippen molar-refractivity contribution in [1.29, 1.82) is 0 Å². The lowest BCUT2D eigenvalue weighted by Gasteiger charge is -2.38. The third kappa shape index (κ3) is 9.75. The number of benzene rings is 3. The summed E-state index contributed by atoms with van der Waals surface area (Å²) in [5.41, 5.74) is 0.484. The standard InChI is InChI=1S/C47H58N2O13/c1-24-15-13-16-25(2)46(57)49-37-32(23-48-60-21-14-19-31-17-11-10-12-18-31)41(54)34-35(42(37)55)40(53)29(6)44-36(34)45(56)47(8,62-44)59-22-20-33(58-9)26(3)43(61-30(7)50)28(5)39(52)27(4)38(24)51/h10-13,15-18,20,22-24,26-28,33,38-39,43,51-55H,14,19,21H2,1-9H3,(H,49,57)/b15-13+,22-20+,25-16?,48-23+. The first-order valence-electron chi connectivity index (χ1n) is 20.6. The fourth-order valence-corrected chi connectivity index (χ4v) is 8.00. The molecule has 3 aliphatic rings. The number of phenolic OH excluding ortho intramolecular Hbond substituents is 3. The summed E-state index contributed by atoms with van der Waals surface area (Å²) in [4.78, 5) is 46.0. The van der Waals surface area contributed by atoms with Gasteiger partial charge in [0, 0.05) is 61.2 Å². The number of rotatable bonds is 8. The Balaban J connectivity index is 1.64. The van der Waals surface area contributed by atoms with Gasteiger partial charge in [0.25, 0.3) is 11.7 Å². The van der Waals surface area contributed by atoms with Crippen LogP contribution in [0.3, 0.4) is 0 Å². The number of Topliss-reactive ketones (excluding diaryl/α,β-unsaturated/α-hetero) is 1. The number of aryl methyl sites for hydroxylation is 1. The highest BCUT2D eigenvalue weighted by Gasteiger charge is 2.50. The van der Waals surface area contributed by atoms with Gasteiger partial charge in [-0.15, -0.1) is 0 Å². The molecule has 0 spiro atoms. The second kappa shape index (κ2) is 19.9. The first-order chi connectivity index (χ1) is 29.3. The number of aliphatic hydroxyl groups is 2. The van der Waals surface area contributed by atoms with Gasteiger partial charge < -0.3 is 54.6 Å². The summed E-state index contributed by atoms with van der Waals surface area (Å²) >= 11 is 0. The van der Waals surface area contributed by atoms with E-state index >= 15 is 0 Å². The molecule has 3 aliphatic heterocycles. The molecule has 9 atom stereocenters. The molecule has 15 nitrogen and oxygen atoms in total. The summed E-state index contributed by atoms with van der Waals surface area (Å²) in [5, 5.41) is 64.4. The molecule has 3 heterocycles. The van der Waals surface area contributed by atoms with Crippen LogP contribution in [0.5, 0.6) is 23.0 Å². The van der Waals surface area contributed by atoms with E-state index in [0.717, 1.165) is 11.8 Å². The number of nitrogens with one attached hydrogen (secondary N) is 1. The van der Waals surface area contributed by atoms with Crippen molar-refractivity contribution in [3.8, 4) is 23.0 Å². The van der Waals surface area contributed by atoms with Gasteiger partial charge in [0.2, 0.25) is 0 Å². The number of carbonyl (C=O) groups is 3. The number of hydrogen-bond acceptors (Lipinski definition) is 14. The summed E-state index contributed by atoms with van der Waals surface area (Å²) in [6.07, 6.45) is 5.84. The van der Waals surface area contributed by atoms with E-state index < -0.39 is 88.8 Å². The molecule has 0 saturated heterocycles. The molecule has 0 aliphatic carbocycles. The Hall–Kier alpha value is -5.90. The zero-order chi connectivity index (χ0) is 45.6. The number of esters is 1. The molecule has 3 aromatic rings. The molecular formula is C47H58N2O13. The highest BCUT2D eigenvalue weighted by atomic mass is 16.7. The van der Waals surface area contributed by atoms with Crippen molar-refractivity contribution in [3.05, 3.63) is 88.7 Å². The number of aromatic hydroxyl groups is 3. The van der Waals surface area contributed by atoms with Gasteiger partial charge in [-0.2, -0.15) is 0 Å². The number of ketones is 1. The highest BCUT2D eigenvalue weighted by Crippen LogP contribution is 2.55. The van der Waals surface area contributed by atoms with Crippen LogP contribution in [-0.2, 0) is 35.1 Å². The molecule has 15 heteroatoms. The van der Waals surface area contributed by atoms with Crippen LogP contribution in [0.4, 0.5) is 5.69 Å². The number of oxime groups is 1. The Morgan fingerprint density at radius 2 is 1.63 bits per heavy atom. The van der Waals surface area contributed by atoms with Crippen LogP contribution in [0.2, 0.25) is 0 Å². The van der Waals surface area contributed by atoms with Crippen LogP contribution in [0.25, 0.3) is 10.8 Å². The number of phenols is 3. The molecule has 0 fully saturated rings. The molecule has 62 heavy (non-hydrogen) atoms. The summed E-state index contributed by atoms with van der Waals surface area (Å²) in [6.45, 7) is 12.6. The van der Waals surface area contributed by atoms with Gasteiger partial charge in [-0.25, -0.2) is 0 Å². The van der Waals surface area contributed by atoms with E-state index in [4.69, 9.17) is 23.8 Å². The number of amides is 1. The zero-order valence-corrected chi connectivity index (χ0v) is 36.5. The van der Waals surface area contributed by atoms with E-state index in [9.17, 15) is 39.9 Å². The number of methoxy groups -OCH3 is 1. The minimum Gasteiger partial charge on any atom is -0.507 e. The van der Waals surface area contributed by atoms with Crippen LogP contribution < -0.4 is 10.1 Å². The van der Waals surface area contributed by atoms with Gasteiger partial charge in [-0.3, -0.25) is 14.4 Å². The fraction of sp³-hybridized carbons (Fsp3) is 0.447. The normalized spacial score (nSPS) is 28.3. The number of carbonyl (C=O) groups excluding carboxylic acids is 3. The molecule has 334 valence electrons. The molecule has 0 radical (unpaired) electrons. The molecule has 1 amide bonds. The maximum Gasteiger partial charge on any atom is 0.312 e. The molecule has 9 unspecified atom stereocenters. The highest BCUT2D eigenvalue weighted by molar-refractivity contribution is 6.23. The quantitative estimate of drug-likeness (QED) is 0.0346. The average Bonchev–Trinajstić information content (AvgIpc) is 3.51. The Bertz CT molecular complexity index is 2270. The second-order valence-corrected chi connectivity index (χ2v) is 16.3. The van der Waals surface area contributed by atoms with Crippen molar-refractivity contribution in [2.24, 2.45) is 28.8 Å². The minimum atomic E-state index is -2.07. The molecule has 0 saturated carbocycles. The number of aliphatic hydroxyl groups excluding tert-OH is 2. The second-order valence-electron chi connectivity index (χ2n) is 16.3. The summed E-state index contributed by atoms with van der Waals surface area (Å²) < 4.78 is 23.6. The number of hydrogen-bond donors (Lipinski definition) is 6. The maximum atomic E-state index is 14.4. The average molecular weight is 859 g/mol. The third-order valence-corrected chi connectivity index (χ3v) is 11.8. The van der Waals surface area contributed by atoms with E-state index in [0.29, 0.717) is 12.8 Å². The number of allylic oxidation sites excluding steroid dienone is 2. The summed E-state index contributed by atoms with van der Waals surface area (Å²) in [5.74, 6) is -8.67. The van der Waals surface area contributed by atoms with Crippen LogP contribution >= 0.6 is 0 Å².